The molecule has 8 nitrogen and oxygen atoms in total. The van der Waals surface area contributed by atoms with Crippen LogP contribution in [0, 0.1) is 10.8 Å². The predicted octanol–water partition coefficient (Wildman–Crippen LogP) is 5.35. The van der Waals surface area contributed by atoms with E-state index in [9.17, 15) is 9.59 Å². The molecule has 0 saturated carbocycles. The summed E-state index contributed by atoms with van der Waals surface area (Å²) < 4.78 is 7.16. The second kappa shape index (κ2) is 10.3. The predicted molar refractivity (Wildman–Crippen MR) is 141 cm³/mol. The van der Waals surface area contributed by atoms with Gasteiger partial charge in [0.2, 0.25) is 5.91 Å². The monoisotopic (exact) mass is 493 g/mol. The summed E-state index contributed by atoms with van der Waals surface area (Å²) >= 11 is 0. The van der Waals surface area contributed by atoms with Gasteiger partial charge in [0.05, 0.1) is 30.3 Å². The molecule has 8 heteroatoms. The largest absolute Gasteiger partial charge is 0.467 e. The molecule has 0 unspecified atom stereocenters. The number of hydrogen-bond donors (Lipinski definition) is 2. The average molecular weight is 494 g/mol. The van der Waals surface area contributed by atoms with Gasteiger partial charge < -0.3 is 15.1 Å². The maximum atomic E-state index is 13.0. The van der Waals surface area contributed by atoms with Gasteiger partial charge in [0.25, 0.3) is 5.91 Å². The quantitative estimate of drug-likeness (QED) is 0.440. The molecular weight excluding hydrogens is 454 g/mol. The number of nitrogens with zero attached hydrogens (tertiary/aromatic N) is 3. The van der Waals surface area contributed by atoms with Gasteiger partial charge in [-0.05, 0) is 60.8 Å². The number of nitrogens with one attached hydrogen (secondary N) is 2. The van der Waals surface area contributed by atoms with Gasteiger partial charge in [-0.1, -0.05) is 41.5 Å². The van der Waals surface area contributed by atoms with Gasteiger partial charge in [-0.3, -0.25) is 19.3 Å². The number of furan rings is 1. The fourth-order valence-electron chi connectivity index (χ4n) is 3.93. The van der Waals surface area contributed by atoms with Crippen molar-refractivity contribution < 1.29 is 14.0 Å². The van der Waals surface area contributed by atoms with Gasteiger partial charge in [0, 0.05) is 18.6 Å². The van der Waals surface area contributed by atoms with Crippen molar-refractivity contribution in [1.29, 1.82) is 0 Å². The number of carbonyl (C=O) groups excluding carboxylic acids is 2. The maximum absolute atomic E-state index is 13.0. The molecule has 0 bridgehead atoms. The first-order valence-electron chi connectivity index (χ1n) is 12.3. The topological polar surface area (TPSA) is 102 Å². The van der Waals surface area contributed by atoms with E-state index in [0.29, 0.717) is 17.0 Å². The molecule has 3 aromatic rings. The average Bonchev–Trinajstić information content (AvgIpc) is 3.39. The molecular formula is C28H39N5O3. The molecule has 0 aromatic carbocycles. The second-order valence-corrected chi connectivity index (χ2v) is 12.3. The van der Waals surface area contributed by atoms with E-state index >= 15 is 0 Å². The summed E-state index contributed by atoms with van der Waals surface area (Å²) in [4.78, 5) is 30.0. The van der Waals surface area contributed by atoms with Gasteiger partial charge in [0.1, 0.15) is 11.3 Å². The third-order valence-corrected chi connectivity index (χ3v) is 5.63. The molecule has 0 atom stereocenters. The van der Waals surface area contributed by atoms with Gasteiger partial charge >= 0.3 is 0 Å². The molecule has 194 valence electrons. The molecule has 0 radical (unpaired) electrons. The molecule has 2 amide bonds. The Balaban J connectivity index is 1.61. The van der Waals surface area contributed by atoms with Crippen LogP contribution in [0.1, 0.15) is 82.6 Å². The molecule has 3 rings (SSSR count). The Bertz CT molecular complexity index is 1210. The Labute approximate surface area is 213 Å². The first-order valence-corrected chi connectivity index (χ1v) is 12.3. The molecule has 0 aliphatic carbocycles. The molecule has 0 aliphatic heterocycles. The van der Waals surface area contributed by atoms with Crippen LogP contribution in [0.3, 0.4) is 0 Å². The zero-order chi connectivity index (χ0) is 26.7. The summed E-state index contributed by atoms with van der Waals surface area (Å²) in [5.74, 6) is 0.217. The van der Waals surface area contributed by atoms with Crippen LogP contribution in [0.4, 0.5) is 5.69 Å². The molecule has 3 heterocycles. The van der Waals surface area contributed by atoms with E-state index in [1.54, 1.807) is 43.4 Å². The molecule has 0 spiro atoms. The minimum absolute atomic E-state index is 0.0930. The van der Waals surface area contributed by atoms with E-state index in [1.807, 2.05) is 12.1 Å². The van der Waals surface area contributed by atoms with E-state index in [1.165, 1.54) is 6.20 Å². The van der Waals surface area contributed by atoms with Crippen LogP contribution in [0.2, 0.25) is 0 Å². The van der Waals surface area contributed by atoms with Crippen molar-refractivity contribution >= 4 is 17.5 Å². The number of aromatic nitrogens is 3. The summed E-state index contributed by atoms with van der Waals surface area (Å²) in [7, 11) is 0. The molecule has 0 aliphatic rings. The smallest absolute Gasteiger partial charge is 0.257 e. The van der Waals surface area contributed by atoms with Crippen molar-refractivity contribution in [2.45, 2.75) is 80.3 Å². The van der Waals surface area contributed by atoms with Crippen molar-refractivity contribution in [2.75, 3.05) is 5.32 Å². The lowest BCUT2D eigenvalue weighted by Gasteiger charge is -2.24. The Morgan fingerprint density at radius 3 is 2.25 bits per heavy atom. The Kier molecular flexibility index (Phi) is 7.76. The van der Waals surface area contributed by atoms with E-state index in [4.69, 9.17) is 4.42 Å². The third-order valence-electron chi connectivity index (χ3n) is 5.63. The van der Waals surface area contributed by atoms with Crippen LogP contribution in [0.15, 0.2) is 47.6 Å². The normalized spacial score (nSPS) is 12.4. The van der Waals surface area contributed by atoms with E-state index in [2.05, 4.69) is 62.3 Å². The van der Waals surface area contributed by atoms with Crippen LogP contribution in [0.25, 0.3) is 0 Å². The van der Waals surface area contributed by atoms with E-state index in [0.717, 1.165) is 24.0 Å². The zero-order valence-electron chi connectivity index (χ0n) is 22.7. The highest BCUT2D eigenvalue weighted by Gasteiger charge is 2.31. The zero-order valence-corrected chi connectivity index (χ0v) is 22.7. The number of rotatable bonds is 8. The third kappa shape index (κ3) is 7.54. The van der Waals surface area contributed by atoms with Gasteiger partial charge in [0.15, 0.2) is 0 Å². The van der Waals surface area contributed by atoms with Crippen molar-refractivity contribution in [1.82, 2.24) is 20.1 Å². The molecule has 36 heavy (non-hydrogen) atoms. The van der Waals surface area contributed by atoms with Crippen LogP contribution in [0.5, 0.6) is 0 Å². The maximum Gasteiger partial charge on any atom is 0.257 e. The lowest BCUT2D eigenvalue weighted by Crippen LogP contribution is -2.44. The Morgan fingerprint density at radius 2 is 1.58 bits per heavy atom. The summed E-state index contributed by atoms with van der Waals surface area (Å²) in [6, 6.07) is 3.84. The van der Waals surface area contributed by atoms with Crippen LogP contribution in [-0.2, 0) is 29.7 Å². The van der Waals surface area contributed by atoms with Crippen LogP contribution in [-0.4, -0.2) is 26.6 Å². The van der Waals surface area contributed by atoms with Crippen LogP contribution >= 0.6 is 0 Å². The van der Waals surface area contributed by atoms with Gasteiger partial charge in [-0.25, -0.2) is 0 Å². The van der Waals surface area contributed by atoms with Crippen LogP contribution < -0.4 is 10.6 Å². The summed E-state index contributed by atoms with van der Waals surface area (Å²) in [6.07, 6.45) is 9.98. The number of pyridine rings is 1. The highest BCUT2D eigenvalue weighted by molar-refractivity contribution is 6.04. The first kappa shape index (κ1) is 27.2. The van der Waals surface area contributed by atoms with Crippen molar-refractivity contribution in [3.05, 3.63) is 65.6 Å². The first-order chi connectivity index (χ1) is 16.6. The molecule has 2 N–H and O–H groups in total. The molecule has 0 fully saturated rings. The summed E-state index contributed by atoms with van der Waals surface area (Å²) in [5, 5.41) is 10.1. The van der Waals surface area contributed by atoms with Gasteiger partial charge in [-0.15, -0.1) is 0 Å². The second-order valence-electron chi connectivity index (χ2n) is 12.3. The minimum atomic E-state index is -0.974. The lowest BCUT2D eigenvalue weighted by atomic mass is 9.88. The highest BCUT2D eigenvalue weighted by atomic mass is 16.3. The lowest BCUT2D eigenvalue weighted by molar-refractivity contribution is -0.129. The number of hydrogen-bond acceptors (Lipinski definition) is 5. The molecule has 3 aromatic heterocycles. The number of amides is 2. The summed E-state index contributed by atoms with van der Waals surface area (Å²) in [5.41, 5.74) is 2.37. The van der Waals surface area contributed by atoms with E-state index in [-0.39, 0.29) is 29.2 Å². The van der Waals surface area contributed by atoms with Crippen molar-refractivity contribution in [3.8, 4) is 0 Å². The van der Waals surface area contributed by atoms with E-state index < -0.39 is 5.54 Å². The number of anilines is 1. The van der Waals surface area contributed by atoms with Gasteiger partial charge in [-0.2, -0.15) is 5.10 Å². The SMILES string of the molecule is CC(C)(C)Cc1cncc(C(=O)Nc2cnn(C(C)(C)C(=O)NCc3cc(CC(C)(C)C)co3)c2)c1. The Hall–Kier alpha value is -3.42. The molecule has 0 saturated heterocycles. The fourth-order valence-corrected chi connectivity index (χ4v) is 3.93. The highest BCUT2D eigenvalue weighted by Crippen LogP contribution is 2.23. The minimum Gasteiger partial charge on any atom is -0.467 e. The Morgan fingerprint density at radius 1 is 0.917 bits per heavy atom. The van der Waals surface area contributed by atoms with Crippen molar-refractivity contribution in [3.63, 3.8) is 0 Å². The number of carbonyl (C=O) groups is 2. The standard InChI is InChI=1S/C28H39N5O3/c1-26(2,3)11-19-9-21(14-29-13-19)24(34)32-22-15-31-33(17-22)28(7,8)25(35)30-16-23-10-20(18-36-23)12-27(4,5)6/h9-10,13-15,17-18H,11-12,16H2,1-8H3,(H,30,35)(H,32,34). The summed E-state index contributed by atoms with van der Waals surface area (Å²) in [6.45, 7) is 16.8. The fraction of sp³-hybridized carbons (Fsp3) is 0.500. The van der Waals surface area contributed by atoms with Crippen molar-refractivity contribution in [2.24, 2.45) is 10.8 Å².